The summed E-state index contributed by atoms with van der Waals surface area (Å²) in [7, 11) is 0. The first-order valence-electron chi connectivity index (χ1n) is 6.73. The highest BCUT2D eigenvalue weighted by molar-refractivity contribution is 7.99. The van der Waals surface area contributed by atoms with E-state index >= 15 is 0 Å². The van der Waals surface area contributed by atoms with Gasteiger partial charge in [0.25, 0.3) is 0 Å². The molecule has 114 valence electrons. The molecule has 0 aliphatic carbocycles. The van der Waals surface area contributed by atoms with E-state index in [-0.39, 0.29) is 11.2 Å². The number of carbonyl (C=O) groups is 1. The van der Waals surface area contributed by atoms with Crippen molar-refractivity contribution >= 4 is 29.1 Å². The molecule has 0 unspecified atom stereocenters. The number of aromatic nitrogens is 2. The minimum atomic E-state index is -0.821. The number of aliphatic carboxylic acids is 1. The number of carboxylic acids is 1. The van der Waals surface area contributed by atoms with E-state index in [4.69, 9.17) is 5.11 Å². The van der Waals surface area contributed by atoms with Gasteiger partial charge in [0.1, 0.15) is 0 Å². The normalized spacial score (nSPS) is 11.8. The predicted molar refractivity (Wildman–Crippen MR) is 87.4 cm³/mol. The molecule has 21 heavy (non-hydrogen) atoms. The Morgan fingerprint density at radius 2 is 2.14 bits per heavy atom. The van der Waals surface area contributed by atoms with Crippen LogP contribution >= 0.6 is 23.1 Å². The van der Waals surface area contributed by atoms with Crippen molar-refractivity contribution in [3.63, 3.8) is 0 Å². The molecule has 4 nitrogen and oxygen atoms in total. The first kappa shape index (κ1) is 16.1. The second kappa shape index (κ2) is 6.23. The van der Waals surface area contributed by atoms with Crippen molar-refractivity contribution in [2.75, 3.05) is 5.75 Å². The van der Waals surface area contributed by atoms with E-state index in [9.17, 15) is 4.79 Å². The minimum Gasteiger partial charge on any atom is -0.481 e. The lowest BCUT2D eigenvalue weighted by Crippen LogP contribution is -2.18. The van der Waals surface area contributed by atoms with Crippen LogP contribution in [0.25, 0.3) is 0 Å². The Labute approximate surface area is 133 Å². The van der Waals surface area contributed by atoms with Crippen LogP contribution < -0.4 is 0 Å². The number of imidazole rings is 1. The molecule has 0 fully saturated rings. The predicted octanol–water partition coefficient (Wildman–Crippen LogP) is 3.78. The molecule has 0 aromatic carbocycles. The van der Waals surface area contributed by atoms with Gasteiger partial charge in [0.15, 0.2) is 5.16 Å². The molecule has 0 saturated heterocycles. The minimum absolute atomic E-state index is 0.0265. The fourth-order valence-electron chi connectivity index (χ4n) is 2.08. The molecule has 0 spiro atoms. The lowest BCUT2D eigenvalue weighted by atomic mass is 9.92. The summed E-state index contributed by atoms with van der Waals surface area (Å²) < 4.78 is 2.14. The van der Waals surface area contributed by atoms with E-state index in [1.807, 2.05) is 6.20 Å². The largest absolute Gasteiger partial charge is 0.481 e. The number of thiophene rings is 1. The maximum absolute atomic E-state index is 10.8. The molecule has 0 atom stereocenters. The van der Waals surface area contributed by atoms with Crippen molar-refractivity contribution in [2.45, 2.75) is 44.8 Å². The zero-order chi connectivity index (χ0) is 15.6. The van der Waals surface area contributed by atoms with Crippen LogP contribution in [-0.2, 0) is 16.8 Å². The zero-order valence-electron chi connectivity index (χ0n) is 12.7. The molecule has 0 saturated carbocycles. The summed E-state index contributed by atoms with van der Waals surface area (Å²) in [6, 6.07) is 4.23. The molecule has 0 amide bonds. The highest BCUT2D eigenvalue weighted by atomic mass is 32.2. The van der Waals surface area contributed by atoms with E-state index in [1.54, 1.807) is 11.3 Å². The first-order chi connectivity index (χ1) is 9.77. The maximum Gasteiger partial charge on any atom is 0.313 e. The van der Waals surface area contributed by atoms with E-state index in [0.717, 1.165) is 17.4 Å². The van der Waals surface area contributed by atoms with Crippen LogP contribution in [0.15, 0.2) is 23.5 Å². The number of rotatable bonds is 5. The molecule has 0 radical (unpaired) electrons. The first-order valence-corrected chi connectivity index (χ1v) is 8.53. The van der Waals surface area contributed by atoms with Gasteiger partial charge in [-0.05, 0) is 19.1 Å². The number of hydrogen-bond acceptors (Lipinski definition) is 4. The average molecular weight is 324 g/mol. The molecular formula is C15H20N2O2S2. The third-order valence-corrected chi connectivity index (χ3v) is 4.98. The Balaban J connectivity index is 2.33. The van der Waals surface area contributed by atoms with Gasteiger partial charge < -0.3 is 9.67 Å². The summed E-state index contributed by atoms with van der Waals surface area (Å²) >= 11 is 3.04. The van der Waals surface area contributed by atoms with Gasteiger partial charge in [0, 0.05) is 27.1 Å². The van der Waals surface area contributed by atoms with Gasteiger partial charge in [-0.25, -0.2) is 4.98 Å². The van der Waals surface area contributed by atoms with Crippen molar-refractivity contribution < 1.29 is 9.90 Å². The lowest BCUT2D eigenvalue weighted by Gasteiger charge is -2.21. The number of hydrogen-bond donors (Lipinski definition) is 1. The third kappa shape index (κ3) is 4.11. The molecule has 2 rings (SSSR count). The van der Waals surface area contributed by atoms with Gasteiger partial charge in [-0.1, -0.05) is 32.5 Å². The highest BCUT2D eigenvalue weighted by Crippen LogP contribution is 2.29. The summed E-state index contributed by atoms with van der Waals surface area (Å²) in [4.78, 5) is 17.8. The van der Waals surface area contributed by atoms with Gasteiger partial charge in [-0.2, -0.15) is 0 Å². The van der Waals surface area contributed by atoms with E-state index < -0.39 is 5.97 Å². The van der Waals surface area contributed by atoms with Crippen molar-refractivity contribution in [3.8, 4) is 0 Å². The number of nitrogens with zero attached hydrogens (tertiary/aromatic N) is 2. The number of aryl methyl sites for hydroxylation is 1. The lowest BCUT2D eigenvalue weighted by molar-refractivity contribution is -0.133. The van der Waals surface area contributed by atoms with Gasteiger partial charge in [-0.15, -0.1) is 11.3 Å². The summed E-state index contributed by atoms with van der Waals surface area (Å²) in [6.45, 7) is 9.27. The van der Waals surface area contributed by atoms with Crippen molar-refractivity contribution in [3.05, 3.63) is 33.8 Å². The van der Waals surface area contributed by atoms with E-state index in [0.29, 0.717) is 0 Å². The second-order valence-corrected chi connectivity index (χ2v) is 8.27. The summed E-state index contributed by atoms with van der Waals surface area (Å²) in [5.41, 5.74) is 1.10. The van der Waals surface area contributed by atoms with Crippen molar-refractivity contribution in [2.24, 2.45) is 0 Å². The van der Waals surface area contributed by atoms with Gasteiger partial charge in [0.2, 0.25) is 0 Å². The molecule has 2 heterocycles. The maximum atomic E-state index is 10.8. The SMILES string of the molecule is Cc1ccc(Cn2c(C(C)(C)C)cnc2SCC(=O)O)s1. The van der Waals surface area contributed by atoms with Crippen LogP contribution in [0.2, 0.25) is 0 Å². The van der Waals surface area contributed by atoms with Crippen LogP contribution in [0.1, 0.15) is 36.2 Å². The van der Waals surface area contributed by atoms with Crippen LogP contribution in [0.3, 0.4) is 0 Å². The molecule has 0 bridgehead atoms. The number of carboxylic acid groups (broad SMARTS) is 1. The summed E-state index contributed by atoms with van der Waals surface area (Å²) in [6.07, 6.45) is 1.87. The molecular weight excluding hydrogens is 304 g/mol. The van der Waals surface area contributed by atoms with Gasteiger partial charge in [-0.3, -0.25) is 4.79 Å². The Hall–Kier alpha value is -1.27. The summed E-state index contributed by atoms with van der Waals surface area (Å²) in [5.74, 6) is -0.789. The second-order valence-electron chi connectivity index (χ2n) is 5.96. The van der Waals surface area contributed by atoms with Crippen LogP contribution in [0, 0.1) is 6.92 Å². The zero-order valence-corrected chi connectivity index (χ0v) is 14.3. The number of thioether (sulfide) groups is 1. The quantitative estimate of drug-likeness (QED) is 0.851. The van der Waals surface area contributed by atoms with Crippen LogP contribution in [0.5, 0.6) is 0 Å². The molecule has 0 aliphatic heterocycles. The molecule has 2 aromatic heterocycles. The van der Waals surface area contributed by atoms with E-state index in [2.05, 4.69) is 49.4 Å². The average Bonchev–Trinajstić information content (AvgIpc) is 2.93. The fraction of sp³-hybridized carbons (Fsp3) is 0.467. The Morgan fingerprint density at radius 1 is 1.43 bits per heavy atom. The topological polar surface area (TPSA) is 55.1 Å². The monoisotopic (exact) mass is 324 g/mol. The standard InChI is InChI=1S/C15H20N2O2S2/c1-10-5-6-11(21-10)8-17-12(15(2,3)4)7-16-14(17)20-9-13(18)19/h5-7H,8-9H2,1-4H3,(H,18,19). The molecule has 0 aliphatic rings. The molecule has 1 N–H and O–H groups in total. The van der Waals surface area contributed by atoms with E-state index in [1.165, 1.54) is 21.5 Å². The van der Waals surface area contributed by atoms with Crippen LogP contribution in [-0.4, -0.2) is 26.4 Å². The Bertz CT molecular complexity index is 638. The highest BCUT2D eigenvalue weighted by Gasteiger charge is 2.22. The van der Waals surface area contributed by atoms with Gasteiger partial charge in [0.05, 0.1) is 12.3 Å². The smallest absolute Gasteiger partial charge is 0.313 e. The Kier molecular flexibility index (Phi) is 4.78. The fourth-order valence-corrected chi connectivity index (χ4v) is 3.66. The molecule has 6 heteroatoms. The molecule has 2 aromatic rings. The summed E-state index contributed by atoms with van der Waals surface area (Å²) in [5, 5.41) is 9.64. The van der Waals surface area contributed by atoms with Crippen molar-refractivity contribution in [1.29, 1.82) is 0 Å². The van der Waals surface area contributed by atoms with Gasteiger partial charge >= 0.3 is 5.97 Å². The van der Waals surface area contributed by atoms with Crippen LogP contribution in [0.4, 0.5) is 0 Å². The third-order valence-electron chi connectivity index (χ3n) is 3.02. The van der Waals surface area contributed by atoms with Crippen molar-refractivity contribution in [1.82, 2.24) is 9.55 Å². The Morgan fingerprint density at radius 3 is 2.67 bits per heavy atom.